The Kier molecular flexibility index (Phi) is 5.78. The first kappa shape index (κ1) is 15.1. The molecule has 102 valence electrons. The van der Waals surface area contributed by atoms with E-state index in [-0.39, 0.29) is 5.75 Å². The summed E-state index contributed by atoms with van der Waals surface area (Å²) in [4.78, 5) is 2.17. The highest BCUT2D eigenvalue weighted by molar-refractivity contribution is 7.89. The molecular formula is C13H22N2O2S. The van der Waals surface area contributed by atoms with Crippen LogP contribution < -0.4 is 4.72 Å². The molecule has 0 heterocycles. The molecule has 0 saturated carbocycles. The standard InChI is InChI=1S/C13H22N2O2S/c1-12(13-8-5-4-6-9-13)15(3)10-7-11-18(16,17)14-2/h4-6,8-9,12,14H,7,10-11H2,1-3H3. The molecule has 0 aliphatic rings. The molecule has 1 N–H and O–H groups in total. The zero-order valence-electron chi connectivity index (χ0n) is 11.3. The number of nitrogens with zero attached hydrogens (tertiary/aromatic N) is 1. The molecular weight excluding hydrogens is 248 g/mol. The van der Waals surface area contributed by atoms with Gasteiger partial charge < -0.3 is 0 Å². The normalized spacial score (nSPS) is 13.8. The van der Waals surface area contributed by atoms with Crippen molar-refractivity contribution in [2.75, 3.05) is 26.4 Å². The maximum Gasteiger partial charge on any atom is 0.211 e. The monoisotopic (exact) mass is 270 g/mol. The van der Waals surface area contributed by atoms with Gasteiger partial charge in [-0.05, 0) is 39.5 Å². The molecule has 0 aliphatic heterocycles. The Morgan fingerprint density at radius 2 is 1.89 bits per heavy atom. The fraction of sp³-hybridized carbons (Fsp3) is 0.538. The third kappa shape index (κ3) is 4.76. The first-order chi connectivity index (χ1) is 8.46. The van der Waals surface area contributed by atoms with Crippen molar-refractivity contribution in [3.63, 3.8) is 0 Å². The Labute approximate surface area is 110 Å². The van der Waals surface area contributed by atoms with Crippen molar-refractivity contribution in [2.24, 2.45) is 0 Å². The molecule has 18 heavy (non-hydrogen) atoms. The van der Waals surface area contributed by atoms with Crippen LogP contribution in [0.3, 0.4) is 0 Å². The van der Waals surface area contributed by atoms with Gasteiger partial charge in [-0.15, -0.1) is 0 Å². The fourth-order valence-corrected chi connectivity index (χ4v) is 2.50. The molecule has 0 saturated heterocycles. The molecule has 4 nitrogen and oxygen atoms in total. The predicted molar refractivity (Wildman–Crippen MR) is 75.0 cm³/mol. The average molecular weight is 270 g/mol. The summed E-state index contributed by atoms with van der Waals surface area (Å²) in [6, 6.07) is 10.5. The second-order valence-electron chi connectivity index (χ2n) is 4.44. The summed E-state index contributed by atoms with van der Waals surface area (Å²) in [7, 11) is 0.385. The molecule has 0 bridgehead atoms. The number of benzene rings is 1. The lowest BCUT2D eigenvalue weighted by atomic mass is 10.1. The van der Waals surface area contributed by atoms with Crippen molar-refractivity contribution in [3.8, 4) is 0 Å². The summed E-state index contributed by atoms with van der Waals surface area (Å²) >= 11 is 0. The highest BCUT2D eigenvalue weighted by atomic mass is 32.2. The average Bonchev–Trinajstić information content (AvgIpc) is 2.38. The third-order valence-electron chi connectivity index (χ3n) is 3.18. The number of sulfonamides is 1. The van der Waals surface area contributed by atoms with Crippen LogP contribution in [0.1, 0.15) is 24.9 Å². The van der Waals surface area contributed by atoms with Gasteiger partial charge >= 0.3 is 0 Å². The lowest BCUT2D eigenvalue weighted by molar-refractivity contribution is 0.262. The third-order valence-corrected chi connectivity index (χ3v) is 4.63. The van der Waals surface area contributed by atoms with E-state index in [0.717, 1.165) is 6.54 Å². The van der Waals surface area contributed by atoms with Crippen molar-refractivity contribution >= 4 is 10.0 Å². The van der Waals surface area contributed by atoms with Gasteiger partial charge in [-0.2, -0.15) is 0 Å². The van der Waals surface area contributed by atoms with Crippen molar-refractivity contribution in [2.45, 2.75) is 19.4 Å². The van der Waals surface area contributed by atoms with E-state index < -0.39 is 10.0 Å². The van der Waals surface area contributed by atoms with Gasteiger partial charge in [0.05, 0.1) is 5.75 Å². The van der Waals surface area contributed by atoms with Gasteiger partial charge in [0.1, 0.15) is 0 Å². The van der Waals surface area contributed by atoms with Crippen LogP contribution >= 0.6 is 0 Å². The lowest BCUT2D eigenvalue weighted by Gasteiger charge is -2.24. The number of hydrogen-bond donors (Lipinski definition) is 1. The summed E-state index contributed by atoms with van der Waals surface area (Å²) in [5.41, 5.74) is 1.25. The quantitative estimate of drug-likeness (QED) is 0.819. The minimum Gasteiger partial charge on any atom is -0.300 e. The zero-order valence-corrected chi connectivity index (χ0v) is 12.1. The van der Waals surface area contributed by atoms with Gasteiger partial charge in [0, 0.05) is 6.04 Å². The molecule has 1 aromatic rings. The van der Waals surface area contributed by atoms with Crippen LogP contribution in [0.15, 0.2) is 30.3 Å². The van der Waals surface area contributed by atoms with Crippen molar-refractivity contribution < 1.29 is 8.42 Å². The van der Waals surface area contributed by atoms with Gasteiger partial charge in [0.25, 0.3) is 0 Å². The SMILES string of the molecule is CNS(=O)(=O)CCCN(C)C(C)c1ccccc1. The summed E-state index contributed by atoms with van der Waals surface area (Å²) < 4.78 is 24.9. The minimum absolute atomic E-state index is 0.176. The second-order valence-corrected chi connectivity index (χ2v) is 6.49. The molecule has 0 fully saturated rings. The number of hydrogen-bond acceptors (Lipinski definition) is 3. The molecule has 0 amide bonds. The van der Waals surface area contributed by atoms with Crippen LogP contribution in [-0.2, 0) is 10.0 Å². The van der Waals surface area contributed by atoms with E-state index in [1.165, 1.54) is 12.6 Å². The van der Waals surface area contributed by atoms with Crippen LogP contribution in [0, 0.1) is 0 Å². The van der Waals surface area contributed by atoms with Crippen LogP contribution in [0.2, 0.25) is 0 Å². The molecule has 0 spiro atoms. The van der Waals surface area contributed by atoms with E-state index in [1.54, 1.807) is 0 Å². The highest BCUT2D eigenvalue weighted by Gasteiger charge is 2.12. The van der Waals surface area contributed by atoms with Crippen LogP contribution in [0.4, 0.5) is 0 Å². The lowest BCUT2D eigenvalue weighted by Crippen LogP contribution is -2.28. The summed E-state index contributed by atoms with van der Waals surface area (Å²) in [6.45, 7) is 2.89. The van der Waals surface area contributed by atoms with Gasteiger partial charge in [-0.3, -0.25) is 4.90 Å². The van der Waals surface area contributed by atoms with E-state index in [4.69, 9.17) is 0 Å². The molecule has 0 aliphatic carbocycles. The van der Waals surface area contributed by atoms with Gasteiger partial charge in [0.2, 0.25) is 10.0 Å². The zero-order chi connectivity index (χ0) is 13.6. The Morgan fingerprint density at radius 1 is 1.28 bits per heavy atom. The molecule has 1 aromatic carbocycles. The summed E-state index contributed by atoms with van der Waals surface area (Å²) in [5.74, 6) is 0.176. The molecule has 1 atom stereocenters. The van der Waals surface area contributed by atoms with Crippen LogP contribution in [0.5, 0.6) is 0 Å². The predicted octanol–water partition coefficient (Wildman–Crippen LogP) is 1.62. The van der Waals surface area contributed by atoms with Gasteiger partial charge in [0.15, 0.2) is 0 Å². The largest absolute Gasteiger partial charge is 0.300 e. The first-order valence-corrected chi connectivity index (χ1v) is 7.78. The topological polar surface area (TPSA) is 49.4 Å². The Morgan fingerprint density at radius 3 is 2.44 bits per heavy atom. The van der Waals surface area contributed by atoms with Crippen LogP contribution in [-0.4, -0.2) is 39.7 Å². The van der Waals surface area contributed by atoms with Crippen molar-refractivity contribution in [1.82, 2.24) is 9.62 Å². The van der Waals surface area contributed by atoms with E-state index in [1.807, 2.05) is 25.2 Å². The van der Waals surface area contributed by atoms with E-state index >= 15 is 0 Å². The fourth-order valence-electron chi connectivity index (χ4n) is 1.79. The Balaban J connectivity index is 2.44. The van der Waals surface area contributed by atoms with Crippen molar-refractivity contribution in [1.29, 1.82) is 0 Å². The van der Waals surface area contributed by atoms with E-state index in [2.05, 4.69) is 28.7 Å². The van der Waals surface area contributed by atoms with E-state index in [9.17, 15) is 8.42 Å². The highest BCUT2D eigenvalue weighted by Crippen LogP contribution is 2.17. The molecule has 1 rings (SSSR count). The molecule has 0 aromatic heterocycles. The van der Waals surface area contributed by atoms with Crippen molar-refractivity contribution in [3.05, 3.63) is 35.9 Å². The summed E-state index contributed by atoms with van der Waals surface area (Å²) in [6.07, 6.45) is 0.636. The first-order valence-electron chi connectivity index (χ1n) is 6.12. The molecule has 0 radical (unpaired) electrons. The Bertz CT molecular complexity index is 445. The molecule has 5 heteroatoms. The minimum atomic E-state index is -3.08. The maximum atomic E-state index is 11.3. The maximum absolute atomic E-state index is 11.3. The van der Waals surface area contributed by atoms with E-state index in [0.29, 0.717) is 12.5 Å². The molecule has 1 unspecified atom stereocenters. The second kappa shape index (κ2) is 6.87. The Hall–Kier alpha value is -0.910. The van der Waals surface area contributed by atoms with Gasteiger partial charge in [-0.25, -0.2) is 13.1 Å². The smallest absolute Gasteiger partial charge is 0.211 e. The van der Waals surface area contributed by atoms with Crippen LogP contribution in [0.25, 0.3) is 0 Å². The number of nitrogens with one attached hydrogen (secondary N) is 1. The number of rotatable bonds is 7. The summed E-state index contributed by atoms with van der Waals surface area (Å²) in [5, 5.41) is 0. The van der Waals surface area contributed by atoms with Gasteiger partial charge in [-0.1, -0.05) is 30.3 Å².